The van der Waals surface area contributed by atoms with E-state index >= 15 is 0 Å². The van der Waals surface area contributed by atoms with E-state index in [1.165, 1.54) is 36.4 Å². The summed E-state index contributed by atoms with van der Waals surface area (Å²) in [6.45, 7) is 3.49. The molecule has 3 aromatic carbocycles. The van der Waals surface area contributed by atoms with Gasteiger partial charge in [0.2, 0.25) is 10.0 Å². The van der Waals surface area contributed by atoms with Crippen molar-refractivity contribution in [1.82, 2.24) is 9.29 Å². The zero-order valence-corrected chi connectivity index (χ0v) is 18.9. The van der Waals surface area contributed by atoms with Crippen LogP contribution in [-0.4, -0.2) is 17.7 Å². The van der Waals surface area contributed by atoms with Gasteiger partial charge < -0.3 is 4.98 Å². The lowest BCUT2D eigenvalue weighted by Gasteiger charge is -2.22. The van der Waals surface area contributed by atoms with E-state index in [-0.39, 0.29) is 23.5 Å². The van der Waals surface area contributed by atoms with Crippen molar-refractivity contribution in [3.05, 3.63) is 111 Å². The van der Waals surface area contributed by atoms with Crippen molar-refractivity contribution in [1.29, 1.82) is 0 Å². The predicted molar refractivity (Wildman–Crippen MR) is 123 cm³/mol. The lowest BCUT2D eigenvalue weighted by molar-refractivity contribution is 0.399. The Morgan fingerprint density at radius 2 is 1.39 bits per heavy atom. The number of hydrogen-bond acceptors (Lipinski definition) is 3. The van der Waals surface area contributed by atoms with Crippen molar-refractivity contribution in [2.75, 3.05) is 0 Å². The maximum absolute atomic E-state index is 13.4. The lowest BCUT2D eigenvalue weighted by atomic mass is 10.0. The van der Waals surface area contributed by atoms with E-state index in [4.69, 9.17) is 0 Å². The molecule has 0 bridgehead atoms. The highest BCUT2D eigenvalue weighted by atomic mass is 32.2. The van der Waals surface area contributed by atoms with Crippen molar-refractivity contribution in [2.24, 2.45) is 0 Å². The number of pyridine rings is 1. The van der Waals surface area contributed by atoms with Crippen LogP contribution in [0.15, 0.2) is 76.4 Å². The fourth-order valence-corrected chi connectivity index (χ4v) is 5.11. The molecule has 5 nitrogen and oxygen atoms in total. The molecule has 0 spiro atoms. The van der Waals surface area contributed by atoms with Gasteiger partial charge in [-0.3, -0.25) is 4.79 Å². The van der Waals surface area contributed by atoms with Crippen molar-refractivity contribution < 1.29 is 17.2 Å². The maximum Gasteiger partial charge on any atom is 0.252 e. The minimum absolute atomic E-state index is 0.0930. The standard InChI is InChI=1S/C25H22F2N2O3S/c1-16-3-4-17(2)24-23(16)13-19(25(30)28-24)15-29(14-18-5-7-20(26)8-6-18)33(31,32)22-11-9-21(27)10-12-22/h3-13H,14-15H2,1-2H3,(H,28,30). The van der Waals surface area contributed by atoms with Gasteiger partial charge in [-0.1, -0.05) is 24.3 Å². The first-order valence-electron chi connectivity index (χ1n) is 10.3. The molecule has 0 amide bonds. The van der Waals surface area contributed by atoms with Crippen LogP contribution in [0.5, 0.6) is 0 Å². The van der Waals surface area contributed by atoms with E-state index in [2.05, 4.69) is 4.98 Å². The molecule has 1 aromatic heterocycles. The van der Waals surface area contributed by atoms with Crippen molar-refractivity contribution >= 4 is 20.9 Å². The van der Waals surface area contributed by atoms with Gasteiger partial charge in [0.25, 0.3) is 5.56 Å². The van der Waals surface area contributed by atoms with E-state index in [1.54, 1.807) is 6.07 Å². The van der Waals surface area contributed by atoms with Crippen molar-refractivity contribution in [2.45, 2.75) is 31.8 Å². The summed E-state index contributed by atoms with van der Waals surface area (Å²) in [6.07, 6.45) is 0. The molecule has 0 saturated carbocycles. The zero-order valence-electron chi connectivity index (χ0n) is 18.1. The molecule has 0 fully saturated rings. The Morgan fingerprint density at radius 3 is 2.03 bits per heavy atom. The third-order valence-corrected chi connectivity index (χ3v) is 7.40. The minimum Gasteiger partial charge on any atom is -0.321 e. The van der Waals surface area contributed by atoms with Crippen LogP contribution in [0.3, 0.4) is 0 Å². The quantitative estimate of drug-likeness (QED) is 0.441. The summed E-state index contributed by atoms with van der Waals surface area (Å²) in [5.41, 5.74) is 2.97. The first-order valence-corrected chi connectivity index (χ1v) is 11.7. The number of benzene rings is 3. The molecule has 8 heteroatoms. The molecule has 1 N–H and O–H groups in total. The van der Waals surface area contributed by atoms with Crippen LogP contribution in [0.4, 0.5) is 8.78 Å². The average molecular weight is 469 g/mol. The summed E-state index contributed by atoms with van der Waals surface area (Å²) in [6, 6.07) is 15.5. The number of nitrogens with one attached hydrogen (secondary N) is 1. The third kappa shape index (κ3) is 4.72. The Kier molecular flexibility index (Phi) is 6.14. The Morgan fingerprint density at radius 1 is 0.818 bits per heavy atom. The number of sulfonamides is 1. The second kappa shape index (κ2) is 8.88. The number of H-pyrrole nitrogens is 1. The van der Waals surface area contributed by atoms with Gasteiger partial charge in [-0.05, 0) is 73.0 Å². The largest absolute Gasteiger partial charge is 0.321 e. The number of hydrogen-bond donors (Lipinski definition) is 1. The molecule has 4 rings (SSSR count). The van der Waals surface area contributed by atoms with Gasteiger partial charge in [-0.25, -0.2) is 17.2 Å². The molecule has 170 valence electrons. The molecule has 4 aromatic rings. The molecule has 0 radical (unpaired) electrons. The van der Waals surface area contributed by atoms with Gasteiger partial charge in [-0.15, -0.1) is 0 Å². The van der Waals surface area contributed by atoms with E-state index in [0.717, 1.165) is 33.0 Å². The molecule has 0 saturated heterocycles. The number of aryl methyl sites for hydroxylation is 2. The molecular weight excluding hydrogens is 446 g/mol. The molecule has 0 aliphatic rings. The van der Waals surface area contributed by atoms with Crippen LogP contribution in [0.1, 0.15) is 22.3 Å². The average Bonchev–Trinajstić information content (AvgIpc) is 2.78. The zero-order chi connectivity index (χ0) is 23.8. The van der Waals surface area contributed by atoms with Crippen molar-refractivity contribution in [3.63, 3.8) is 0 Å². The van der Waals surface area contributed by atoms with Crippen LogP contribution in [0, 0.1) is 25.5 Å². The molecule has 0 atom stereocenters. The van der Waals surface area contributed by atoms with Crippen molar-refractivity contribution in [3.8, 4) is 0 Å². The van der Waals surface area contributed by atoms with Gasteiger partial charge >= 0.3 is 0 Å². The predicted octanol–water partition coefficient (Wildman–Crippen LogP) is 4.81. The Hall–Kier alpha value is -3.36. The van der Waals surface area contributed by atoms with E-state index in [9.17, 15) is 22.0 Å². The fraction of sp³-hybridized carbons (Fsp3) is 0.160. The SMILES string of the molecule is Cc1ccc(C)c2[nH]c(=O)c(CN(Cc3ccc(F)cc3)S(=O)(=O)c3ccc(F)cc3)cc12. The van der Waals surface area contributed by atoms with E-state index in [1.807, 2.05) is 26.0 Å². The highest BCUT2D eigenvalue weighted by Gasteiger charge is 2.26. The van der Waals surface area contributed by atoms with Crippen LogP contribution >= 0.6 is 0 Å². The molecule has 0 aliphatic carbocycles. The number of halogens is 2. The maximum atomic E-state index is 13.4. The number of nitrogens with zero attached hydrogens (tertiary/aromatic N) is 1. The summed E-state index contributed by atoms with van der Waals surface area (Å²) in [5, 5.41) is 0.825. The molecule has 0 aliphatic heterocycles. The van der Waals surface area contributed by atoms with E-state index in [0.29, 0.717) is 11.1 Å². The van der Waals surface area contributed by atoms with Gasteiger partial charge in [0.15, 0.2) is 0 Å². The van der Waals surface area contributed by atoms with Crippen LogP contribution < -0.4 is 5.56 Å². The summed E-state index contributed by atoms with van der Waals surface area (Å²) in [4.78, 5) is 15.6. The summed E-state index contributed by atoms with van der Waals surface area (Å²) in [5.74, 6) is -1.00. The first-order chi connectivity index (χ1) is 15.6. The number of aromatic nitrogens is 1. The molecule has 1 heterocycles. The first kappa shape index (κ1) is 22.8. The molecule has 33 heavy (non-hydrogen) atoms. The lowest BCUT2D eigenvalue weighted by Crippen LogP contribution is -2.32. The number of fused-ring (bicyclic) bond motifs is 1. The third-order valence-electron chi connectivity index (χ3n) is 5.59. The minimum atomic E-state index is -4.09. The second-order valence-electron chi connectivity index (χ2n) is 7.97. The number of rotatable bonds is 6. The fourth-order valence-electron chi connectivity index (χ4n) is 3.70. The summed E-state index contributed by atoms with van der Waals surface area (Å²) in [7, 11) is -4.09. The van der Waals surface area contributed by atoms with Gasteiger partial charge in [0, 0.05) is 24.0 Å². The summed E-state index contributed by atoms with van der Waals surface area (Å²) >= 11 is 0. The smallest absolute Gasteiger partial charge is 0.252 e. The molecular formula is C25H22F2N2O3S. The van der Waals surface area contributed by atoms with Crippen LogP contribution in [0.2, 0.25) is 0 Å². The Balaban J connectivity index is 1.80. The van der Waals surface area contributed by atoms with Gasteiger partial charge in [-0.2, -0.15) is 4.31 Å². The van der Waals surface area contributed by atoms with E-state index < -0.39 is 27.2 Å². The second-order valence-corrected chi connectivity index (χ2v) is 9.90. The molecule has 0 unspecified atom stereocenters. The highest BCUT2D eigenvalue weighted by Crippen LogP contribution is 2.24. The monoisotopic (exact) mass is 468 g/mol. The normalized spacial score (nSPS) is 11.9. The topological polar surface area (TPSA) is 70.2 Å². The van der Waals surface area contributed by atoms with Crippen LogP contribution in [-0.2, 0) is 23.1 Å². The number of aromatic amines is 1. The summed E-state index contributed by atoms with van der Waals surface area (Å²) < 4.78 is 54.8. The highest BCUT2D eigenvalue weighted by molar-refractivity contribution is 7.89. The Bertz CT molecular complexity index is 1480. The van der Waals surface area contributed by atoms with Gasteiger partial charge in [0.1, 0.15) is 11.6 Å². The Labute approximate surface area is 190 Å². The van der Waals surface area contributed by atoms with Gasteiger partial charge in [0.05, 0.1) is 10.4 Å². The van der Waals surface area contributed by atoms with Crippen LogP contribution in [0.25, 0.3) is 10.9 Å².